The topological polar surface area (TPSA) is 102 Å². The van der Waals surface area contributed by atoms with E-state index in [1.54, 1.807) is 12.4 Å². The second-order valence-electron chi connectivity index (χ2n) is 7.32. The first kappa shape index (κ1) is 22.2. The lowest BCUT2D eigenvalue weighted by molar-refractivity contribution is 0.0895. The van der Waals surface area contributed by atoms with E-state index < -0.39 is 25.0 Å². The van der Waals surface area contributed by atoms with Crippen molar-refractivity contribution in [3.8, 4) is 0 Å². The molecule has 7 nitrogen and oxygen atoms in total. The molecule has 2 aromatic rings. The molecule has 0 bridgehead atoms. The number of halogens is 2. The molecule has 1 aliphatic rings. The molecule has 10 heteroatoms. The van der Waals surface area contributed by atoms with Gasteiger partial charge in [-0.15, -0.1) is 0 Å². The van der Waals surface area contributed by atoms with Crippen LogP contribution in [-0.2, 0) is 4.74 Å². The molecule has 1 aromatic carbocycles. The highest BCUT2D eigenvalue weighted by atomic mass is 32.2. The maximum atomic E-state index is 12.3. The standard InChI is InChI=1S/C20H25F2N5O2S/c1-12(8-18(21)22)26-20(28)29-16-5-2-13(9-16)14-10-24-19(25-11-14)27-15-3-6-17(30-23)7-4-15/h3-4,6-7,10-13,16,18H,2,5,8-9,23H2,1H3,(H,26,28)(H,24,25,27). The summed E-state index contributed by atoms with van der Waals surface area (Å²) in [5.41, 5.74) is 1.84. The van der Waals surface area contributed by atoms with Gasteiger partial charge >= 0.3 is 6.09 Å². The minimum absolute atomic E-state index is 0.191. The van der Waals surface area contributed by atoms with Crippen LogP contribution in [0.15, 0.2) is 41.6 Å². The summed E-state index contributed by atoms with van der Waals surface area (Å²) in [5.74, 6) is 0.682. The minimum atomic E-state index is -2.46. The number of alkyl halides is 2. The van der Waals surface area contributed by atoms with Crippen LogP contribution in [0.2, 0.25) is 0 Å². The minimum Gasteiger partial charge on any atom is -0.446 e. The van der Waals surface area contributed by atoms with Crippen molar-refractivity contribution in [3.05, 3.63) is 42.2 Å². The first-order valence-corrected chi connectivity index (χ1v) is 10.6. The third-order valence-electron chi connectivity index (χ3n) is 4.94. The summed E-state index contributed by atoms with van der Waals surface area (Å²) in [4.78, 5) is 21.6. The van der Waals surface area contributed by atoms with E-state index in [-0.39, 0.29) is 12.0 Å². The molecule has 30 heavy (non-hydrogen) atoms. The fourth-order valence-electron chi connectivity index (χ4n) is 3.42. The molecule has 3 unspecified atom stereocenters. The summed E-state index contributed by atoms with van der Waals surface area (Å²) in [6, 6.07) is 6.99. The van der Waals surface area contributed by atoms with E-state index >= 15 is 0 Å². The number of anilines is 2. The molecule has 0 saturated heterocycles. The van der Waals surface area contributed by atoms with E-state index in [1.807, 2.05) is 24.3 Å². The quantitative estimate of drug-likeness (QED) is 0.519. The summed E-state index contributed by atoms with van der Waals surface area (Å²) >= 11 is 1.18. The van der Waals surface area contributed by atoms with Gasteiger partial charge in [-0.2, -0.15) is 0 Å². The Morgan fingerprint density at radius 3 is 2.60 bits per heavy atom. The summed E-state index contributed by atoms with van der Waals surface area (Å²) in [6.45, 7) is 1.53. The Bertz CT molecular complexity index is 823. The molecule has 3 atom stereocenters. The van der Waals surface area contributed by atoms with Gasteiger partial charge in [0.2, 0.25) is 12.4 Å². The smallest absolute Gasteiger partial charge is 0.407 e. The average molecular weight is 438 g/mol. The number of nitrogens with zero attached hydrogens (tertiary/aromatic N) is 2. The number of carbonyl (C=O) groups excluding carboxylic acids is 1. The van der Waals surface area contributed by atoms with Crippen LogP contribution in [0.4, 0.5) is 25.2 Å². The van der Waals surface area contributed by atoms with Gasteiger partial charge in [0.1, 0.15) is 6.10 Å². The number of rotatable bonds is 8. The Labute approximate surface area is 178 Å². The molecule has 1 fully saturated rings. The number of alkyl carbamates (subject to hydrolysis) is 1. The van der Waals surface area contributed by atoms with Gasteiger partial charge in [-0.25, -0.2) is 23.5 Å². The van der Waals surface area contributed by atoms with Gasteiger partial charge in [0.05, 0.1) is 0 Å². The van der Waals surface area contributed by atoms with Crippen LogP contribution in [0.3, 0.4) is 0 Å². The number of amides is 1. The molecular formula is C20H25F2N5O2S. The number of benzene rings is 1. The van der Waals surface area contributed by atoms with E-state index in [2.05, 4.69) is 20.6 Å². The average Bonchev–Trinajstić information content (AvgIpc) is 3.16. The molecule has 1 saturated carbocycles. The zero-order chi connectivity index (χ0) is 21.5. The monoisotopic (exact) mass is 437 g/mol. The van der Waals surface area contributed by atoms with Crippen molar-refractivity contribution in [1.29, 1.82) is 0 Å². The zero-order valence-electron chi connectivity index (χ0n) is 16.6. The van der Waals surface area contributed by atoms with Crippen molar-refractivity contribution in [2.24, 2.45) is 5.14 Å². The number of ether oxygens (including phenoxy) is 1. The lowest BCUT2D eigenvalue weighted by atomic mass is 10.0. The van der Waals surface area contributed by atoms with Crippen LogP contribution < -0.4 is 15.8 Å². The Balaban J connectivity index is 1.48. The third kappa shape index (κ3) is 6.53. The molecular weight excluding hydrogens is 412 g/mol. The van der Waals surface area contributed by atoms with Crippen LogP contribution in [-0.4, -0.2) is 34.6 Å². The van der Waals surface area contributed by atoms with Gasteiger partial charge in [-0.3, -0.25) is 5.14 Å². The lowest BCUT2D eigenvalue weighted by Gasteiger charge is -2.17. The molecule has 4 N–H and O–H groups in total. The predicted molar refractivity (Wildman–Crippen MR) is 112 cm³/mol. The maximum absolute atomic E-state index is 12.3. The van der Waals surface area contributed by atoms with Crippen molar-refractivity contribution in [3.63, 3.8) is 0 Å². The van der Waals surface area contributed by atoms with Crippen molar-refractivity contribution in [2.75, 3.05) is 5.32 Å². The van der Waals surface area contributed by atoms with E-state index in [9.17, 15) is 13.6 Å². The highest BCUT2D eigenvalue weighted by Crippen LogP contribution is 2.35. The normalized spacial score (nSPS) is 19.5. The summed E-state index contributed by atoms with van der Waals surface area (Å²) < 4.78 is 30.1. The van der Waals surface area contributed by atoms with Crippen molar-refractivity contribution in [1.82, 2.24) is 15.3 Å². The first-order valence-electron chi connectivity index (χ1n) is 9.74. The van der Waals surface area contributed by atoms with Crippen molar-refractivity contribution < 1.29 is 18.3 Å². The summed E-state index contributed by atoms with van der Waals surface area (Å²) in [5, 5.41) is 11.1. The molecule has 162 valence electrons. The van der Waals surface area contributed by atoms with Crippen LogP contribution >= 0.6 is 11.9 Å². The molecule has 3 rings (SSSR count). The molecule has 0 aliphatic heterocycles. The van der Waals surface area contributed by atoms with E-state index in [0.717, 1.165) is 22.6 Å². The van der Waals surface area contributed by atoms with E-state index in [0.29, 0.717) is 18.8 Å². The number of hydrogen-bond acceptors (Lipinski definition) is 7. The van der Waals surface area contributed by atoms with Crippen LogP contribution in [0.5, 0.6) is 0 Å². The summed E-state index contributed by atoms with van der Waals surface area (Å²) in [6.07, 6.45) is 2.02. The van der Waals surface area contributed by atoms with Gasteiger partial charge in [0.25, 0.3) is 0 Å². The van der Waals surface area contributed by atoms with Crippen molar-refractivity contribution in [2.45, 2.75) is 62.0 Å². The number of nitrogens with two attached hydrogens (primary N) is 1. The molecule has 1 heterocycles. The fraction of sp³-hybridized carbons (Fsp3) is 0.450. The second kappa shape index (κ2) is 10.5. The number of nitrogens with one attached hydrogen (secondary N) is 2. The molecule has 0 spiro atoms. The van der Waals surface area contributed by atoms with Crippen molar-refractivity contribution >= 4 is 29.7 Å². The Hall–Kier alpha value is -2.46. The van der Waals surface area contributed by atoms with Crippen LogP contribution in [0, 0.1) is 0 Å². The number of hydrogen-bond donors (Lipinski definition) is 3. The predicted octanol–water partition coefficient (Wildman–Crippen LogP) is 4.59. The zero-order valence-corrected chi connectivity index (χ0v) is 17.4. The molecule has 0 radical (unpaired) electrons. The van der Waals surface area contributed by atoms with Gasteiger partial charge in [-0.1, -0.05) is 0 Å². The lowest BCUT2D eigenvalue weighted by Crippen LogP contribution is -2.36. The second-order valence-corrected chi connectivity index (χ2v) is 8.02. The first-order chi connectivity index (χ1) is 14.4. The Morgan fingerprint density at radius 1 is 1.27 bits per heavy atom. The molecule has 1 aliphatic carbocycles. The maximum Gasteiger partial charge on any atom is 0.407 e. The van der Waals surface area contributed by atoms with E-state index in [1.165, 1.54) is 18.9 Å². The van der Waals surface area contributed by atoms with Gasteiger partial charge < -0.3 is 15.4 Å². The fourth-order valence-corrected chi connectivity index (χ4v) is 3.72. The highest BCUT2D eigenvalue weighted by molar-refractivity contribution is 7.97. The largest absolute Gasteiger partial charge is 0.446 e. The third-order valence-corrected chi connectivity index (χ3v) is 5.49. The van der Waals surface area contributed by atoms with Crippen LogP contribution in [0.25, 0.3) is 0 Å². The number of aromatic nitrogens is 2. The van der Waals surface area contributed by atoms with Gasteiger partial charge in [0.15, 0.2) is 0 Å². The highest BCUT2D eigenvalue weighted by Gasteiger charge is 2.29. The van der Waals surface area contributed by atoms with Gasteiger partial charge in [0, 0.05) is 35.4 Å². The number of carbonyl (C=O) groups is 1. The SMILES string of the molecule is CC(CC(F)F)NC(=O)OC1CCC(c2cnc(Nc3ccc(SN)cc3)nc2)C1. The summed E-state index contributed by atoms with van der Waals surface area (Å²) in [7, 11) is 0. The molecule has 1 aromatic heterocycles. The molecule has 1 amide bonds. The van der Waals surface area contributed by atoms with E-state index in [4.69, 9.17) is 9.88 Å². The Kier molecular flexibility index (Phi) is 7.81. The van der Waals surface area contributed by atoms with Gasteiger partial charge in [-0.05, 0) is 73.9 Å². The Morgan fingerprint density at radius 2 is 1.97 bits per heavy atom. The van der Waals surface area contributed by atoms with Crippen LogP contribution in [0.1, 0.15) is 44.1 Å².